The van der Waals surface area contributed by atoms with Crippen LogP contribution in [0.25, 0.3) is 44.8 Å². The van der Waals surface area contributed by atoms with E-state index in [9.17, 15) is 0 Å². The van der Waals surface area contributed by atoms with Gasteiger partial charge >= 0.3 is 0 Å². The van der Waals surface area contributed by atoms with Crippen LogP contribution >= 0.6 is 0 Å². The molecule has 0 amide bonds. The topological polar surface area (TPSA) is 57.4 Å². The number of nitrogens with zero attached hydrogens (tertiary/aromatic N) is 2. The van der Waals surface area contributed by atoms with E-state index in [2.05, 4.69) is 33.6 Å². The van der Waals surface area contributed by atoms with Crippen molar-refractivity contribution in [3.63, 3.8) is 0 Å². The second-order valence-corrected chi connectivity index (χ2v) is 9.33. The summed E-state index contributed by atoms with van der Waals surface area (Å²) in [6.45, 7) is 0. The molecule has 2 heterocycles. The molecule has 0 spiro atoms. The first-order valence-electron chi connectivity index (χ1n) is 13.0. The third-order valence-corrected chi connectivity index (χ3v) is 6.69. The molecule has 0 aliphatic carbocycles. The first kappa shape index (κ1) is 23.3. The van der Waals surface area contributed by atoms with Crippen LogP contribution in [0.2, 0.25) is 0 Å². The van der Waals surface area contributed by atoms with Gasteiger partial charge in [-0.3, -0.25) is 0 Å². The van der Waals surface area contributed by atoms with E-state index in [0.29, 0.717) is 0 Å². The monoisotopic (exact) mass is 510 g/mol. The van der Waals surface area contributed by atoms with Gasteiger partial charge in [-0.1, -0.05) is 121 Å². The summed E-state index contributed by atoms with van der Waals surface area (Å²) in [5.41, 5.74) is 8.56. The second kappa shape index (κ2) is 10.1. The summed E-state index contributed by atoms with van der Waals surface area (Å²) in [6, 6.07) is 40.1. The van der Waals surface area contributed by atoms with Gasteiger partial charge in [-0.15, -0.1) is 0 Å². The molecule has 186 valence electrons. The lowest BCUT2D eigenvalue weighted by Gasteiger charge is -2.01. The standard InChI is InChI=1S/C36H22N4/c1-5-13-25(14-6-1)21-23-29-31-33(39-35(37-31)27-17-9-3-10-18-27)30(24-22-26-15-7-2-8-16-26)34-32(29)38-36(40-34)28-19-11-4-12-20-28/h1-20H,(H,37,39)(H,38,40). The Balaban J connectivity index is 1.55. The highest BCUT2D eigenvalue weighted by molar-refractivity contribution is 6.06. The van der Waals surface area contributed by atoms with Gasteiger partial charge < -0.3 is 9.97 Å². The number of rotatable bonds is 2. The molecule has 7 aromatic rings. The van der Waals surface area contributed by atoms with Crippen LogP contribution in [-0.2, 0) is 0 Å². The predicted octanol–water partition coefficient (Wildman–Crippen LogP) is 7.57. The number of nitrogens with one attached hydrogen (secondary N) is 2. The lowest BCUT2D eigenvalue weighted by Crippen LogP contribution is -1.90. The fourth-order valence-corrected chi connectivity index (χ4v) is 4.73. The lowest BCUT2D eigenvalue weighted by atomic mass is 10.0. The van der Waals surface area contributed by atoms with E-state index >= 15 is 0 Å². The van der Waals surface area contributed by atoms with E-state index in [-0.39, 0.29) is 0 Å². The first-order chi connectivity index (χ1) is 19.8. The maximum Gasteiger partial charge on any atom is 0.138 e. The Labute approximate surface area is 231 Å². The van der Waals surface area contributed by atoms with E-state index < -0.39 is 0 Å². The molecule has 0 saturated carbocycles. The fraction of sp³-hybridized carbons (Fsp3) is 0. The van der Waals surface area contributed by atoms with Gasteiger partial charge in [0.1, 0.15) is 22.7 Å². The molecule has 5 aromatic carbocycles. The van der Waals surface area contributed by atoms with Crippen molar-refractivity contribution in [2.24, 2.45) is 0 Å². The molecule has 0 unspecified atom stereocenters. The van der Waals surface area contributed by atoms with Crippen LogP contribution in [0.4, 0.5) is 0 Å². The van der Waals surface area contributed by atoms with Gasteiger partial charge in [-0.05, 0) is 24.3 Å². The number of fused-ring (bicyclic) bond motifs is 2. The van der Waals surface area contributed by atoms with Crippen LogP contribution < -0.4 is 0 Å². The average Bonchev–Trinajstić information content (AvgIpc) is 3.67. The van der Waals surface area contributed by atoms with E-state index in [0.717, 1.165) is 67.1 Å². The van der Waals surface area contributed by atoms with Gasteiger partial charge in [0, 0.05) is 22.3 Å². The molecule has 0 aliphatic heterocycles. The Hall–Kier alpha value is -5.84. The molecule has 0 atom stereocenters. The van der Waals surface area contributed by atoms with Gasteiger partial charge in [0.25, 0.3) is 0 Å². The molecule has 0 aliphatic rings. The van der Waals surface area contributed by atoms with Crippen molar-refractivity contribution < 1.29 is 0 Å². The zero-order chi connectivity index (χ0) is 26.7. The van der Waals surface area contributed by atoms with E-state index in [4.69, 9.17) is 9.97 Å². The summed E-state index contributed by atoms with van der Waals surface area (Å²) >= 11 is 0. The Morgan fingerprint density at radius 2 is 0.775 bits per heavy atom. The highest BCUT2D eigenvalue weighted by Gasteiger charge is 2.21. The first-order valence-corrected chi connectivity index (χ1v) is 13.0. The van der Waals surface area contributed by atoms with Crippen molar-refractivity contribution in [3.05, 3.63) is 144 Å². The predicted molar refractivity (Wildman–Crippen MR) is 161 cm³/mol. The van der Waals surface area contributed by atoms with Crippen LogP contribution in [-0.4, -0.2) is 19.9 Å². The molecule has 0 saturated heterocycles. The van der Waals surface area contributed by atoms with Crippen molar-refractivity contribution in [1.82, 2.24) is 19.9 Å². The fourth-order valence-electron chi connectivity index (χ4n) is 4.73. The van der Waals surface area contributed by atoms with Crippen LogP contribution in [0.15, 0.2) is 121 Å². The van der Waals surface area contributed by atoms with Gasteiger partial charge in [0.15, 0.2) is 0 Å². The lowest BCUT2D eigenvalue weighted by molar-refractivity contribution is 1.32. The number of imidazole rings is 2. The average molecular weight is 511 g/mol. The minimum absolute atomic E-state index is 0.748. The van der Waals surface area contributed by atoms with Crippen molar-refractivity contribution in [2.45, 2.75) is 0 Å². The molecular weight excluding hydrogens is 488 g/mol. The molecule has 7 rings (SSSR count). The van der Waals surface area contributed by atoms with Gasteiger partial charge in [-0.2, -0.15) is 0 Å². The number of aromatic amines is 2. The number of benzene rings is 5. The smallest absolute Gasteiger partial charge is 0.138 e. The van der Waals surface area contributed by atoms with Gasteiger partial charge in [0.05, 0.1) is 22.2 Å². The number of hydrogen-bond donors (Lipinski definition) is 2. The van der Waals surface area contributed by atoms with Crippen molar-refractivity contribution in [2.75, 3.05) is 0 Å². The van der Waals surface area contributed by atoms with Crippen molar-refractivity contribution >= 4 is 22.1 Å². The van der Waals surface area contributed by atoms with E-state index in [1.165, 1.54) is 0 Å². The normalized spacial score (nSPS) is 10.6. The summed E-state index contributed by atoms with van der Waals surface area (Å²) in [4.78, 5) is 17.3. The number of H-pyrrole nitrogens is 2. The largest absolute Gasteiger partial charge is 0.337 e. The Kier molecular flexibility index (Phi) is 5.90. The molecular formula is C36H22N4. The van der Waals surface area contributed by atoms with Gasteiger partial charge in [0.2, 0.25) is 0 Å². The SMILES string of the molecule is C(#Cc1c2nc(-c3ccccc3)[nH]c2c(C#Cc2ccccc2)c2[nH]c(-c3ccccc3)nc12)c1ccccc1. The molecule has 0 bridgehead atoms. The number of hydrogen-bond acceptors (Lipinski definition) is 2. The zero-order valence-corrected chi connectivity index (χ0v) is 21.4. The Morgan fingerprint density at radius 1 is 0.400 bits per heavy atom. The van der Waals surface area contributed by atoms with Crippen molar-refractivity contribution in [1.29, 1.82) is 0 Å². The third kappa shape index (κ3) is 4.41. The Morgan fingerprint density at radius 3 is 1.20 bits per heavy atom. The molecule has 2 aromatic heterocycles. The summed E-state index contributed by atoms with van der Waals surface area (Å²) in [7, 11) is 0. The van der Waals surface area contributed by atoms with Crippen molar-refractivity contribution in [3.8, 4) is 46.5 Å². The quantitative estimate of drug-likeness (QED) is 0.236. The third-order valence-electron chi connectivity index (χ3n) is 6.69. The van der Waals surface area contributed by atoms with E-state index in [1.807, 2.05) is 121 Å². The number of aromatic nitrogens is 4. The molecule has 0 fully saturated rings. The second-order valence-electron chi connectivity index (χ2n) is 9.33. The summed E-state index contributed by atoms with van der Waals surface area (Å²) in [6.07, 6.45) is 0. The van der Waals surface area contributed by atoms with E-state index in [1.54, 1.807) is 0 Å². The maximum absolute atomic E-state index is 5.06. The highest BCUT2D eigenvalue weighted by atomic mass is 15.0. The molecule has 4 nitrogen and oxygen atoms in total. The minimum Gasteiger partial charge on any atom is -0.337 e. The zero-order valence-electron chi connectivity index (χ0n) is 21.4. The summed E-state index contributed by atoms with van der Waals surface area (Å²) in [5, 5.41) is 0. The minimum atomic E-state index is 0.748. The molecule has 0 radical (unpaired) electrons. The summed E-state index contributed by atoms with van der Waals surface area (Å²) in [5.74, 6) is 15.0. The maximum atomic E-state index is 5.06. The highest BCUT2D eigenvalue weighted by Crippen LogP contribution is 2.33. The molecule has 40 heavy (non-hydrogen) atoms. The molecule has 2 N–H and O–H groups in total. The summed E-state index contributed by atoms with van der Waals surface area (Å²) < 4.78 is 0. The van der Waals surface area contributed by atoms with Crippen LogP contribution in [0.3, 0.4) is 0 Å². The molecule has 4 heteroatoms. The van der Waals surface area contributed by atoms with Crippen LogP contribution in [0, 0.1) is 23.7 Å². The Bertz CT molecular complexity index is 1880. The van der Waals surface area contributed by atoms with Crippen LogP contribution in [0.5, 0.6) is 0 Å². The van der Waals surface area contributed by atoms with Gasteiger partial charge in [-0.25, -0.2) is 9.97 Å². The van der Waals surface area contributed by atoms with Crippen LogP contribution in [0.1, 0.15) is 22.3 Å².